The van der Waals surface area contributed by atoms with E-state index < -0.39 is 46.6 Å². The zero-order valence-corrected chi connectivity index (χ0v) is 19.6. The molecule has 2 aromatic carbocycles. The summed E-state index contributed by atoms with van der Waals surface area (Å²) in [5.74, 6) is -11.2. The summed E-state index contributed by atoms with van der Waals surface area (Å²) in [7, 11) is 0. The van der Waals surface area contributed by atoms with Gasteiger partial charge in [0, 0.05) is 28.7 Å². The predicted molar refractivity (Wildman–Crippen MR) is 122 cm³/mol. The molecular formula is C25H20F7N3O. The Hall–Kier alpha value is -3.63. The first kappa shape index (κ1) is 25.5. The van der Waals surface area contributed by atoms with Gasteiger partial charge in [-0.1, -0.05) is 18.6 Å². The van der Waals surface area contributed by atoms with E-state index in [2.05, 4.69) is 5.10 Å². The number of hydrogen-bond donors (Lipinski definition) is 0. The average Bonchev–Trinajstić information content (AvgIpc) is 3.20. The summed E-state index contributed by atoms with van der Waals surface area (Å²) in [5.41, 5.74) is -1.28. The number of aryl methyl sites for hydroxylation is 2. The van der Waals surface area contributed by atoms with Gasteiger partial charge in [-0.2, -0.15) is 23.3 Å². The van der Waals surface area contributed by atoms with Crippen LogP contribution >= 0.6 is 0 Å². The van der Waals surface area contributed by atoms with Crippen LogP contribution in [0.4, 0.5) is 36.4 Å². The molecule has 0 bridgehead atoms. The number of carbonyl (C=O) groups excluding carboxylic acids is 1. The van der Waals surface area contributed by atoms with Crippen molar-refractivity contribution in [2.45, 2.75) is 46.8 Å². The van der Waals surface area contributed by atoms with Gasteiger partial charge >= 0.3 is 6.18 Å². The average molecular weight is 511 g/mol. The number of amides is 1. The number of hydrazone groups is 1. The van der Waals surface area contributed by atoms with Gasteiger partial charge in [0.1, 0.15) is 11.3 Å². The van der Waals surface area contributed by atoms with Gasteiger partial charge < -0.3 is 4.57 Å². The van der Waals surface area contributed by atoms with Crippen molar-refractivity contribution in [2.24, 2.45) is 5.10 Å². The van der Waals surface area contributed by atoms with E-state index in [9.17, 15) is 35.5 Å². The Balaban J connectivity index is 1.88. The Bertz CT molecular complexity index is 1450. The molecule has 2 heterocycles. The van der Waals surface area contributed by atoms with Gasteiger partial charge in [0.15, 0.2) is 23.3 Å². The van der Waals surface area contributed by atoms with Crippen LogP contribution in [0.15, 0.2) is 28.9 Å². The number of halogens is 7. The van der Waals surface area contributed by atoms with E-state index in [1.165, 1.54) is 13.0 Å². The number of benzene rings is 2. The molecule has 1 aromatic heterocycles. The number of anilines is 1. The Morgan fingerprint density at radius 2 is 1.58 bits per heavy atom. The van der Waals surface area contributed by atoms with Crippen molar-refractivity contribution in [1.29, 1.82) is 0 Å². The number of rotatable bonds is 4. The van der Waals surface area contributed by atoms with Gasteiger partial charge in [-0.25, -0.2) is 17.6 Å². The van der Waals surface area contributed by atoms with Gasteiger partial charge in [-0.3, -0.25) is 4.79 Å². The van der Waals surface area contributed by atoms with Crippen LogP contribution in [-0.4, -0.2) is 16.2 Å². The van der Waals surface area contributed by atoms with Gasteiger partial charge in [-0.05, 0) is 45.4 Å². The minimum atomic E-state index is -5.70. The molecule has 1 amide bonds. The van der Waals surface area contributed by atoms with Gasteiger partial charge in [0.2, 0.25) is 0 Å². The van der Waals surface area contributed by atoms with Crippen LogP contribution in [0.3, 0.4) is 0 Å². The summed E-state index contributed by atoms with van der Waals surface area (Å²) >= 11 is 0. The molecule has 0 atom stereocenters. The molecule has 0 saturated heterocycles. The summed E-state index contributed by atoms with van der Waals surface area (Å²) in [5, 5.41) is 4.56. The molecule has 0 radical (unpaired) electrons. The second-order valence-electron chi connectivity index (χ2n) is 8.51. The number of aromatic nitrogens is 1. The van der Waals surface area contributed by atoms with Crippen molar-refractivity contribution in [3.05, 3.63) is 69.4 Å². The minimum absolute atomic E-state index is 0.0389. The molecule has 1 aliphatic heterocycles. The van der Waals surface area contributed by atoms with Crippen LogP contribution < -0.4 is 5.01 Å². The third-order valence-electron chi connectivity index (χ3n) is 6.06. The van der Waals surface area contributed by atoms with Crippen LogP contribution in [0.5, 0.6) is 0 Å². The highest BCUT2D eigenvalue weighted by molar-refractivity contribution is 6.32. The molecule has 0 N–H and O–H groups in total. The van der Waals surface area contributed by atoms with E-state index in [1.807, 2.05) is 43.5 Å². The molecule has 36 heavy (non-hydrogen) atoms. The van der Waals surface area contributed by atoms with Crippen LogP contribution in [0.1, 0.15) is 42.7 Å². The maximum atomic E-state index is 14.6. The third-order valence-corrected chi connectivity index (χ3v) is 6.06. The largest absolute Gasteiger partial charge is 0.422 e. The Labute approximate surface area is 201 Å². The summed E-state index contributed by atoms with van der Waals surface area (Å²) in [6.45, 7) is 7.74. The van der Waals surface area contributed by atoms with Gasteiger partial charge in [-0.15, -0.1) is 0 Å². The fourth-order valence-corrected chi connectivity index (χ4v) is 4.35. The van der Waals surface area contributed by atoms with Crippen LogP contribution in [-0.2, 0) is 17.5 Å². The standard InChI is InChI=1S/C25H20F7N3O/c1-5-8-34-13(4)15(16-9-11(2)6-7-17(16)34)10-14-12(3)33-35(24(14)36)23-21(28)19(26)18(25(30,31)32)20(27)22(23)29/h6-7,9-10H,5,8H2,1-4H3/b14-10+. The number of alkyl halides is 3. The quantitative estimate of drug-likeness (QED) is 0.210. The molecule has 190 valence electrons. The number of carbonyl (C=O) groups is 1. The monoisotopic (exact) mass is 511 g/mol. The Kier molecular flexibility index (Phi) is 6.22. The van der Waals surface area contributed by atoms with Crippen LogP contribution in [0.25, 0.3) is 17.0 Å². The van der Waals surface area contributed by atoms with Crippen molar-refractivity contribution in [3.63, 3.8) is 0 Å². The minimum Gasteiger partial charge on any atom is -0.344 e. The highest BCUT2D eigenvalue weighted by Gasteiger charge is 2.45. The van der Waals surface area contributed by atoms with Crippen molar-refractivity contribution < 1.29 is 35.5 Å². The lowest BCUT2D eigenvalue weighted by Crippen LogP contribution is -2.26. The van der Waals surface area contributed by atoms with Crippen molar-refractivity contribution in [1.82, 2.24) is 4.57 Å². The van der Waals surface area contributed by atoms with E-state index in [1.54, 1.807) is 0 Å². The fraction of sp³-hybridized carbons (Fsp3) is 0.280. The zero-order valence-electron chi connectivity index (χ0n) is 19.6. The lowest BCUT2D eigenvalue weighted by Gasteiger charge is -2.18. The molecular weight excluding hydrogens is 491 g/mol. The second-order valence-corrected chi connectivity index (χ2v) is 8.51. The first-order valence-corrected chi connectivity index (χ1v) is 10.9. The highest BCUT2D eigenvalue weighted by Crippen LogP contribution is 2.41. The summed E-state index contributed by atoms with van der Waals surface area (Å²) < 4.78 is 98.3. The molecule has 0 unspecified atom stereocenters. The van der Waals surface area contributed by atoms with E-state index in [0.29, 0.717) is 12.1 Å². The number of nitrogens with zero attached hydrogens (tertiary/aromatic N) is 3. The van der Waals surface area contributed by atoms with Gasteiger partial charge in [0.25, 0.3) is 5.91 Å². The summed E-state index contributed by atoms with van der Waals surface area (Å²) in [6, 6.07) is 5.77. The smallest absolute Gasteiger partial charge is 0.344 e. The lowest BCUT2D eigenvalue weighted by atomic mass is 10.0. The summed E-state index contributed by atoms with van der Waals surface area (Å²) in [6.07, 6.45) is -3.42. The number of hydrogen-bond acceptors (Lipinski definition) is 2. The van der Waals surface area contributed by atoms with Crippen molar-refractivity contribution in [3.8, 4) is 0 Å². The fourth-order valence-electron chi connectivity index (χ4n) is 4.35. The summed E-state index contributed by atoms with van der Waals surface area (Å²) in [4.78, 5) is 13.1. The van der Waals surface area contributed by atoms with E-state index in [4.69, 9.17) is 0 Å². The first-order chi connectivity index (χ1) is 16.8. The molecule has 0 aliphatic carbocycles. The maximum absolute atomic E-state index is 14.6. The number of fused-ring (bicyclic) bond motifs is 1. The molecule has 3 aromatic rings. The topological polar surface area (TPSA) is 37.6 Å². The van der Waals surface area contributed by atoms with Crippen LogP contribution in [0.2, 0.25) is 0 Å². The highest BCUT2D eigenvalue weighted by atomic mass is 19.4. The van der Waals surface area contributed by atoms with Gasteiger partial charge in [0.05, 0.1) is 11.3 Å². The molecule has 0 saturated carbocycles. The zero-order chi connectivity index (χ0) is 26.7. The van der Waals surface area contributed by atoms with E-state index >= 15 is 0 Å². The van der Waals surface area contributed by atoms with E-state index in [0.717, 1.165) is 28.6 Å². The SMILES string of the molecule is CCCn1c(C)c(/C=C2/C(=O)N(c3c(F)c(F)c(C(F)(F)F)c(F)c3F)N=C2C)c2cc(C)ccc21. The Morgan fingerprint density at radius 3 is 2.14 bits per heavy atom. The Morgan fingerprint density at radius 1 is 0.972 bits per heavy atom. The third kappa shape index (κ3) is 3.86. The van der Waals surface area contributed by atoms with E-state index in [-0.39, 0.29) is 16.3 Å². The lowest BCUT2D eigenvalue weighted by molar-refractivity contribution is -0.143. The van der Waals surface area contributed by atoms with Crippen molar-refractivity contribution >= 4 is 34.3 Å². The maximum Gasteiger partial charge on any atom is 0.422 e. The molecule has 1 aliphatic rings. The second kappa shape index (κ2) is 8.79. The molecule has 4 nitrogen and oxygen atoms in total. The molecule has 0 spiro atoms. The first-order valence-electron chi connectivity index (χ1n) is 10.9. The molecule has 11 heteroatoms. The van der Waals surface area contributed by atoms with Crippen molar-refractivity contribution in [2.75, 3.05) is 5.01 Å². The molecule has 4 rings (SSSR count). The normalized spacial score (nSPS) is 15.5. The van der Waals surface area contributed by atoms with Crippen LogP contribution in [0, 0.1) is 37.1 Å². The molecule has 0 fully saturated rings. The predicted octanol–water partition coefficient (Wildman–Crippen LogP) is 7.05.